The number of rotatable bonds is 2. The van der Waals surface area contributed by atoms with Crippen molar-refractivity contribution in [3.63, 3.8) is 0 Å². The van der Waals surface area contributed by atoms with Gasteiger partial charge in [0, 0.05) is 0 Å². The fraction of sp³-hybridized carbons (Fsp3) is 1.00. The molecule has 1 aliphatic rings. The van der Waals surface area contributed by atoms with Gasteiger partial charge in [0.1, 0.15) is 24.4 Å². The lowest BCUT2D eigenvalue weighted by molar-refractivity contribution is -0.357. The minimum atomic E-state index is -2.36. The van der Waals surface area contributed by atoms with Gasteiger partial charge in [0.15, 0.2) is 0 Å². The molecule has 1 rings (SSSR count). The molecule has 0 bridgehead atoms. The summed E-state index contributed by atoms with van der Waals surface area (Å²) in [5, 5.41) is 54.6. The Morgan fingerprint density at radius 3 is 2.07 bits per heavy atom. The molecule has 7 nitrogen and oxygen atoms in total. The number of aliphatic hydroxyl groups is 6. The molecule has 6 N–H and O–H groups in total. The van der Waals surface area contributed by atoms with Gasteiger partial charge >= 0.3 is 0 Å². The average molecular weight is 210 g/mol. The first-order valence-corrected chi connectivity index (χ1v) is 4.12. The van der Waals surface area contributed by atoms with Crippen molar-refractivity contribution >= 4 is 0 Å². The summed E-state index contributed by atoms with van der Waals surface area (Å²) < 4.78 is 4.66. The van der Waals surface area contributed by atoms with Crippen molar-refractivity contribution in [2.45, 2.75) is 30.2 Å². The lowest BCUT2D eigenvalue weighted by Gasteiger charge is -2.44. The van der Waals surface area contributed by atoms with E-state index in [0.29, 0.717) is 0 Å². The summed E-state index contributed by atoms with van der Waals surface area (Å²) >= 11 is 0. The first kappa shape index (κ1) is 11.8. The highest BCUT2D eigenvalue weighted by Crippen LogP contribution is 2.27. The molecule has 0 amide bonds. The molecule has 84 valence electrons. The average Bonchev–Trinajstić information content (AvgIpc) is 2.20. The zero-order chi connectivity index (χ0) is 10.9. The molecule has 1 saturated heterocycles. The highest BCUT2D eigenvalue weighted by atomic mass is 16.7. The van der Waals surface area contributed by atoms with Crippen LogP contribution in [0.4, 0.5) is 0 Å². The largest absolute Gasteiger partial charge is 0.394 e. The maximum atomic E-state index is 9.43. The first-order chi connectivity index (χ1) is 6.46. The summed E-state index contributed by atoms with van der Waals surface area (Å²) in [4.78, 5) is 0. The zero-order valence-electron chi connectivity index (χ0n) is 7.32. The van der Waals surface area contributed by atoms with Crippen LogP contribution in [0.15, 0.2) is 0 Å². The molecule has 14 heavy (non-hydrogen) atoms. The van der Waals surface area contributed by atoms with Gasteiger partial charge in [-0.3, -0.25) is 0 Å². The minimum absolute atomic E-state index is 0.646. The van der Waals surface area contributed by atoms with Crippen LogP contribution in [0, 0.1) is 0 Å². The molecule has 7 heteroatoms. The van der Waals surface area contributed by atoms with Crippen molar-refractivity contribution in [1.82, 2.24) is 0 Å². The van der Waals surface area contributed by atoms with E-state index < -0.39 is 43.4 Å². The van der Waals surface area contributed by atoms with Crippen molar-refractivity contribution < 1.29 is 35.4 Å². The molecule has 1 heterocycles. The van der Waals surface area contributed by atoms with Gasteiger partial charge in [0.2, 0.25) is 5.79 Å². The summed E-state index contributed by atoms with van der Waals surface area (Å²) in [6.45, 7) is -1.60. The Morgan fingerprint density at radius 2 is 1.64 bits per heavy atom. The van der Waals surface area contributed by atoms with Gasteiger partial charge in [-0.05, 0) is 0 Å². The van der Waals surface area contributed by atoms with E-state index in [1.807, 2.05) is 0 Å². The van der Waals surface area contributed by atoms with Gasteiger partial charge in [-0.15, -0.1) is 0 Å². The molecule has 0 saturated carbocycles. The highest BCUT2D eigenvalue weighted by molar-refractivity contribution is 4.95. The Hall–Kier alpha value is -0.280. The fourth-order valence-electron chi connectivity index (χ4n) is 1.35. The van der Waals surface area contributed by atoms with Crippen LogP contribution in [0.3, 0.4) is 0 Å². The van der Waals surface area contributed by atoms with E-state index in [1.54, 1.807) is 0 Å². The van der Waals surface area contributed by atoms with E-state index in [4.69, 9.17) is 10.2 Å². The Kier molecular flexibility index (Phi) is 3.43. The summed E-state index contributed by atoms with van der Waals surface area (Å²) in [5.74, 6) is -2.36. The van der Waals surface area contributed by atoms with Gasteiger partial charge in [-0.2, -0.15) is 0 Å². The molecule has 5 atom stereocenters. The molecule has 0 radical (unpaired) electrons. The molecule has 1 fully saturated rings. The number of hydrogen-bond donors (Lipinski definition) is 6. The van der Waals surface area contributed by atoms with Crippen LogP contribution in [0.25, 0.3) is 0 Å². The monoisotopic (exact) mass is 210 g/mol. The Morgan fingerprint density at radius 1 is 1.07 bits per heavy atom. The third-order valence-electron chi connectivity index (χ3n) is 2.28. The van der Waals surface area contributed by atoms with E-state index in [-0.39, 0.29) is 0 Å². The summed E-state index contributed by atoms with van der Waals surface area (Å²) in [5.41, 5.74) is 0. The zero-order valence-corrected chi connectivity index (χ0v) is 7.32. The van der Waals surface area contributed by atoms with Crippen molar-refractivity contribution in [2.24, 2.45) is 0 Å². The van der Waals surface area contributed by atoms with Gasteiger partial charge in [-0.25, -0.2) is 0 Å². The van der Waals surface area contributed by atoms with Crippen molar-refractivity contribution in [2.75, 3.05) is 13.2 Å². The summed E-state index contributed by atoms with van der Waals surface area (Å²) in [7, 11) is 0. The third-order valence-corrected chi connectivity index (χ3v) is 2.28. The fourth-order valence-corrected chi connectivity index (χ4v) is 1.35. The van der Waals surface area contributed by atoms with Crippen LogP contribution >= 0.6 is 0 Å². The van der Waals surface area contributed by atoms with E-state index in [0.717, 1.165) is 0 Å². The van der Waals surface area contributed by atoms with Crippen LogP contribution in [0.5, 0.6) is 0 Å². The van der Waals surface area contributed by atoms with Gasteiger partial charge < -0.3 is 35.4 Å². The lowest BCUT2D eigenvalue weighted by Crippen LogP contribution is -2.66. The molecular weight excluding hydrogens is 196 g/mol. The van der Waals surface area contributed by atoms with Crippen LogP contribution in [-0.2, 0) is 4.74 Å². The van der Waals surface area contributed by atoms with Crippen molar-refractivity contribution in [3.05, 3.63) is 0 Å². The normalized spacial score (nSPS) is 49.3. The molecule has 0 aliphatic carbocycles. The second kappa shape index (κ2) is 4.07. The van der Waals surface area contributed by atoms with Gasteiger partial charge in [-0.1, -0.05) is 0 Å². The Bertz CT molecular complexity index is 196. The molecule has 0 unspecified atom stereocenters. The predicted octanol–water partition coefficient (Wildman–Crippen LogP) is -3.86. The Balaban J connectivity index is 2.84. The summed E-state index contributed by atoms with van der Waals surface area (Å²) in [6, 6.07) is 0. The van der Waals surface area contributed by atoms with Gasteiger partial charge in [0.25, 0.3) is 0 Å². The van der Waals surface area contributed by atoms with Crippen molar-refractivity contribution in [1.29, 1.82) is 0 Å². The van der Waals surface area contributed by atoms with Crippen LogP contribution in [0.1, 0.15) is 0 Å². The molecular formula is C7H14O7. The third kappa shape index (κ3) is 1.75. The summed E-state index contributed by atoms with van der Waals surface area (Å²) in [6.07, 6.45) is -6.27. The maximum absolute atomic E-state index is 9.43. The Labute approximate surface area is 79.8 Å². The smallest absolute Gasteiger partial charge is 0.219 e. The second-order valence-corrected chi connectivity index (χ2v) is 3.27. The maximum Gasteiger partial charge on any atom is 0.219 e. The molecule has 1 aliphatic heterocycles. The topological polar surface area (TPSA) is 131 Å². The molecule has 0 spiro atoms. The molecule has 0 aromatic heterocycles. The van der Waals surface area contributed by atoms with Crippen LogP contribution in [0.2, 0.25) is 0 Å². The first-order valence-electron chi connectivity index (χ1n) is 4.12. The van der Waals surface area contributed by atoms with E-state index >= 15 is 0 Å². The van der Waals surface area contributed by atoms with E-state index in [1.165, 1.54) is 0 Å². The second-order valence-electron chi connectivity index (χ2n) is 3.27. The van der Waals surface area contributed by atoms with E-state index in [2.05, 4.69) is 4.74 Å². The quantitative estimate of drug-likeness (QED) is 0.275. The number of aliphatic hydroxyl groups excluding tert-OH is 5. The van der Waals surface area contributed by atoms with E-state index in [9.17, 15) is 20.4 Å². The number of ether oxygens (including phenoxy) is 1. The highest BCUT2D eigenvalue weighted by Gasteiger charge is 2.52. The van der Waals surface area contributed by atoms with Gasteiger partial charge in [0.05, 0.1) is 13.2 Å². The number of hydrogen-bond acceptors (Lipinski definition) is 7. The standard InChI is InChI=1S/C7H14O7/c8-1-3-4(10)5(11)6(12)7(13,2-9)14-3/h3-6,8-13H,1-2H2/t3-,4+,5-,6+,7-/m1/s1. The van der Waals surface area contributed by atoms with Crippen molar-refractivity contribution in [3.8, 4) is 0 Å². The van der Waals surface area contributed by atoms with Crippen LogP contribution < -0.4 is 0 Å². The SMILES string of the molecule is OC[C@H]1O[C@](O)(CO)[C@@H](O)[C@H](O)[C@H]1O. The van der Waals surface area contributed by atoms with Crippen LogP contribution in [-0.4, -0.2) is 74.1 Å². The lowest BCUT2D eigenvalue weighted by atomic mass is 9.93. The minimum Gasteiger partial charge on any atom is -0.394 e. The molecule has 0 aromatic carbocycles. The molecule has 0 aromatic rings. The predicted molar refractivity (Wildman–Crippen MR) is 42.0 cm³/mol.